The van der Waals surface area contributed by atoms with Gasteiger partial charge in [-0.25, -0.2) is 0 Å². The lowest BCUT2D eigenvalue weighted by atomic mass is 10.0. The number of rotatable bonds is 3. The maximum absolute atomic E-state index is 5.54. The molecule has 4 rings (SSSR count). The highest BCUT2D eigenvalue weighted by molar-refractivity contribution is 6.00. The van der Waals surface area contributed by atoms with Gasteiger partial charge in [0.1, 0.15) is 12.3 Å². The van der Waals surface area contributed by atoms with Crippen LogP contribution in [0.1, 0.15) is 16.9 Å². The summed E-state index contributed by atoms with van der Waals surface area (Å²) in [6.07, 6.45) is 2.53. The van der Waals surface area contributed by atoms with Crippen molar-refractivity contribution in [2.45, 2.75) is 13.0 Å². The van der Waals surface area contributed by atoms with Gasteiger partial charge >= 0.3 is 0 Å². The summed E-state index contributed by atoms with van der Waals surface area (Å²) in [5.41, 5.74) is 4.85. The molecule has 0 aliphatic carbocycles. The first kappa shape index (κ1) is 13.0. The van der Waals surface area contributed by atoms with Crippen molar-refractivity contribution in [1.29, 1.82) is 0 Å². The summed E-state index contributed by atoms with van der Waals surface area (Å²) < 4.78 is 5.54. The minimum absolute atomic E-state index is 0.821. The van der Waals surface area contributed by atoms with E-state index in [0.29, 0.717) is 0 Å². The standard InChI is InChI=1S/C19H16N2O/c1-2-7-15(8-3-1)14-21-18-10-5-4-9-16(18)13-17(20-21)19-11-6-12-22-19/h1-12H,13-14H2/p+1. The van der Waals surface area contributed by atoms with Crippen molar-refractivity contribution in [2.75, 3.05) is 0 Å². The Hall–Kier alpha value is -2.65. The van der Waals surface area contributed by atoms with Crippen molar-refractivity contribution in [3.05, 3.63) is 89.9 Å². The molecule has 1 aromatic heterocycles. The van der Waals surface area contributed by atoms with E-state index < -0.39 is 0 Å². The Bertz CT molecular complexity index is 791. The predicted molar refractivity (Wildman–Crippen MR) is 86.2 cm³/mol. The van der Waals surface area contributed by atoms with Gasteiger partial charge in [0.25, 0.3) is 0 Å². The van der Waals surface area contributed by atoms with Crippen molar-refractivity contribution in [3.8, 4) is 0 Å². The fourth-order valence-corrected chi connectivity index (χ4v) is 2.91. The maximum Gasteiger partial charge on any atom is 0.161 e. The van der Waals surface area contributed by atoms with Gasteiger partial charge in [0.05, 0.1) is 6.26 Å². The summed E-state index contributed by atoms with van der Waals surface area (Å²) in [4.78, 5) is 0. The number of hydrogen-bond acceptors (Lipinski definition) is 2. The van der Waals surface area contributed by atoms with Crippen LogP contribution in [-0.4, -0.2) is 5.71 Å². The van der Waals surface area contributed by atoms with E-state index in [1.165, 1.54) is 16.8 Å². The third-order valence-electron chi connectivity index (χ3n) is 3.98. The van der Waals surface area contributed by atoms with Crippen LogP contribution in [0.15, 0.2) is 82.5 Å². The molecule has 0 saturated carbocycles. The fourth-order valence-electron chi connectivity index (χ4n) is 2.91. The first-order valence-corrected chi connectivity index (χ1v) is 7.49. The molecule has 22 heavy (non-hydrogen) atoms. The van der Waals surface area contributed by atoms with Gasteiger partial charge in [-0.3, -0.25) is 0 Å². The minimum atomic E-state index is 0.821. The number of nitrogens with zero attached hydrogens (tertiary/aromatic N) is 1. The molecule has 1 aliphatic rings. The molecule has 108 valence electrons. The quantitative estimate of drug-likeness (QED) is 0.789. The zero-order chi connectivity index (χ0) is 14.8. The van der Waals surface area contributed by atoms with E-state index in [0.717, 1.165) is 29.4 Å². The monoisotopic (exact) mass is 289 g/mol. The molecule has 0 saturated heterocycles. The Morgan fingerprint density at radius 1 is 0.909 bits per heavy atom. The van der Waals surface area contributed by atoms with E-state index in [-0.39, 0.29) is 0 Å². The SMILES string of the molecule is c1ccc(C[NH+]2N=C(c3ccco3)Cc3ccccc32)cc1. The molecule has 0 radical (unpaired) electrons. The molecular formula is C19H17N2O+. The zero-order valence-electron chi connectivity index (χ0n) is 12.2. The highest BCUT2D eigenvalue weighted by Crippen LogP contribution is 2.18. The molecule has 1 N–H and O–H groups in total. The van der Waals surface area contributed by atoms with E-state index >= 15 is 0 Å². The number of fused-ring (bicyclic) bond motifs is 1. The van der Waals surface area contributed by atoms with Gasteiger partial charge in [-0.1, -0.05) is 53.6 Å². The molecule has 3 aromatic rings. The van der Waals surface area contributed by atoms with Crippen LogP contribution in [0, 0.1) is 0 Å². The van der Waals surface area contributed by atoms with Gasteiger partial charge in [-0.2, -0.15) is 5.01 Å². The molecule has 1 unspecified atom stereocenters. The molecule has 0 spiro atoms. The third-order valence-corrected chi connectivity index (χ3v) is 3.98. The number of hydrogen-bond donors (Lipinski definition) is 1. The van der Waals surface area contributed by atoms with Gasteiger partial charge in [0.2, 0.25) is 0 Å². The molecule has 3 heteroatoms. The Balaban J connectivity index is 1.73. The van der Waals surface area contributed by atoms with Gasteiger partial charge < -0.3 is 4.42 Å². The number of quaternary nitrogens is 1. The Kier molecular flexibility index (Phi) is 3.33. The molecule has 2 heterocycles. The van der Waals surface area contributed by atoms with Crippen molar-refractivity contribution >= 4 is 11.4 Å². The van der Waals surface area contributed by atoms with Gasteiger partial charge in [0, 0.05) is 23.6 Å². The minimum Gasteiger partial charge on any atom is -0.463 e. The smallest absolute Gasteiger partial charge is 0.161 e. The molecular weight excluding hydrogens is 272 g/mol. The van der Waals surface area contributed by atoms with Gasteiger partial charge in [-0.05, 0) is 12.1 Å². The Labute approximate surface area is 129 Å². The highest BCUT2D eigenvalue weighted by atomic mass is 16.3. The normalized spacial score (nSPS) is 16.9. The largest absolute Gasteiger partial charge is 0.463 e. The van der Waals surface area contributed by atoms with E-state index in [2.05, 4.69) is 48.5 Å². The van der Waals surface area contributed by atoms with Crippen molar-refractivity contribution in [1.82, 2.24) is 0 Å². The lowest BCUT2D eigenvalue weighted by Crippen LogP contribution is -3.02. The summed E-state index contributed by atoms with van der Waals surface area (Å²) in [5.74, 6) is 0.861. The molecule has 0 fully saturated rings. The summed E-state index contributed by atoms with van der Waals surface area (Å²) in [6, 6.07) is 22.9. The fraction of sp³-hybridized carbons (Fsp3) is 0.105. The van der Waals surface area contributed by atoms with Gasteiger partial charge in [-0.15, -0.1) is 0 Å². The molecule has 3 nitrogen and oxygen atoms in total. The summed E-state index contributed by atoms with van der Waals surface area (Å²) in [6.45, 7) is 0.835. The number of nitrogens with one attached hydrogen (secondary N) is 1. The first-order chi connectivity index (χ1) is 10.9. The lowest BCUT2D eigenvalue weighted by Gasteiger charge is -2.21. The average molecular weight is 289 g/mol. The van der Waals surface area contributed by atoms with Crippen LogP contribution in [0.3, 0.4) is 0 Å². The molecule has 0 bridgehead atoms. The van der Waals surface area contributed by atoms with Crippen LogP contribution in [0.5, 0.6) is 0 Å². The highest BCUT2D eigenvalue weighted by Gasteiger charge is 2.26. The topological polar surface area (TPSA) is 29.9 Å². The predicted octanol–water partition coefficient (Wildman–Crippen LogP) is 2.96. The van der Waals surface area contributed by atoms with E-state index in [4.69, 9.17) is 9.52 Å². The summed E-state index contributed by atoms with van der Waals surface area (Å²) >= 11 is 0. The van der Waals surface area contributed by atoms with Crippen LogP contribution in [0.25, 0.3) is 0 Å². The summed E-state index contributed by atoms with van der Waals surface area (Å²) in [7, 11) is 0. The van der Waals surface area contributed by atoms with E-state index in [1.807, 2.05) is 18.2 Å². The molecule has 1 atom stereocenters. The second-order valence-electron chi connectivity index (χ2n) is 5.48. The summed E-state index contributed by atoms with van der Waals surface area (Å²) in [5, 5.41) is 6.01. The maximum atomic E-state index is 5.54. The number of para-hydroxylation sites is 1. The van der Waals surface area contributed by atoms with Crippen LogP contribution in [0.4, 0.5) is 5.69 Å². The number of benzene rings is 2. The van der Waals surface area contributed by atoms with Crippen LogP contribution in [0.2, 0.25) is 0 Å². The van der Waals surface area contributed by atoms with Crippen LogP contribution >= 0.6 is 0 Å². The van der Waals surface area contributed by atoms with Crippen LogP contribution < -0.4 is 5.01 Å². The first-order valence-electron chi connectivity index (χ1n) is 7.49. The zero-order valence-corrected chi connectivity index (χ0v) is 12.2. The van der Waals surface area contributed by atoms with Crippen molar-refractivity contribution < 1.29 is 9.43 Å². The van der Waals surface area contributed by atoms with Crippen molar-refractivity contribution in [3.63, 3.8) is 0 Å². The van der Waals surface area contributed by atoms with Crippen molar-refractivity contribution in [2.24, 2.45) is 5.10 Å². The van der Waals surface area contributed by atoms with E-state index in [1.54, 1.807) is 6.26 Å². The lowest BCUT2D eigenvalue weighted by molar-refractivity contribution is -0.855. The molecule has 2 aromatic carbocycles. The van der Waals surface area contributed by atoms with Crippen LogP contribution in [-0.2, 0) is 13.0 Å². The molecule has 0 amide bonds. The Morgan fingerprint density at radius 2 is 1.73 bits per heavy atom. The van der Waals surface area contributed by atoms with Gasteiger partial charge in [0.15, 0.2) is 11.4 Å². The molecule has 1 aliphatic heterocycles. The second kappa shape index (κ2) is 5.62. The number of furan rings is 1. The second-order valence-corrected chi connectivity index (χ2v) is 5.48. The average Bonchev–Trinajstić information content (AvgIpc) is 3.10. The van der Waals surface area contributed by atoms with E-state index in [9.17, 15) is 0 Å². The third kappa shape index (κ3) is 2.47. The Morgan fingerprint density at radius 3 is 2.55 bits per heavy atom.